The molecule has 1 N–H and O–H groups in total. The summed E-state index contributed by atoms with van der Waals surface area (Å²) in [4.78, 5) is 11.0. The van der Waals surface area contributed by atoms with Crippen molar-refractivity contribution >= 4 is 28.0 Å². The van der Waals surface area contributed by atoms with Crippen molar-refractivity contribution in [1.29, 1.82) is 0 Å². The van der Waals surface area contributed by atoms with Crippen molar-refractivity contribution in [2.45, 2.75) is 19.2 Å². The second kappa shape index (κ2) is 4.56. The number of rotatable bonds is 1. The first kappa shape index (κ1) is 13.9. The molecule has 0 bridgehead atoms. The Hall–Kier alpha value is -1.50. The van der Waals surface area contributed by atoms with E-state index in [4.69, 9.17) is 9.84 Å². The zero-order valence-corrected chi connectivity index (χ0v) is 11.2. The van der Waals surface area contributed by atoms with E-state index in [1.807, 2.05) is 0 Å². The second-order valence-electron chi connectivity index (χ2n) is 4.03. The average molecular weight is 337 g/mol. The molecule has 1 atom stereocenters. The van der Waals surface area contributed by atoms with Crippen LogP contribution >= 0.6 is 15.9 Å². The molecule has 19 heavy (non-hydrogen) atoms. The molecule has 1 aromatic rings. The van der Waals surface area contributed by atoms with Crippen LogP contribution in [0.3, 0.4) is 0 Å². The van der Waals surface area contributed by atoms with Crippen molar-refractivity contribution in [3.8, 4) is 5.75 Å². The van der Waals surface area contributed by atoms with Gasteiger partial charge in [0.05, 0.1) is 11.1 Å². The van der Waals surface area contributed by atoms with Gasteiger partial charge in [-0.15, -0.1) is 0 Å². The van der Waals surface area contributed by atoms with Crippen LogP contribution in [0.2, 0.25) is 0 Å². The van der Waals surface area contributed by atoms with E-state index in [1.54, 1.807) is 0 Å². The highest BCUT2D eigenvalue weighted by atomic mass is 79.9. The molecule has 0 spiro atoms. The molecule has 0 aliphatic carbocycles. The number of carboxylic acid groups (broad SMARTS) is 1. The van der Waals surface area contributed by atoms with E-state index in [2.05, 4.69) is 15.9 Å². The maximum Gasteiger partial charge on any atom is 0.420 e. The number of carboxylic acids is 1. The summed E-state index contributed by atoms with van der Waals surface area (Å²) in [7, 11) is 0. The van der Waals surface area contributed by atoms with Crippen LogP contribution in [-0.4, -0.2) is 17.2 Å². The lowest BCUT2D eigenvalue weighted by Gasteiger charge is -2.25. The van der Waals surface area contributed by atoms with E-state index in [9.17, 15) is 18.0 Å². The van der Waals surface area contributed by atoms with Gasteiger partial charge in [-0.05, 0) is 25.1 Å². The number of carbonyl (C=O) groups is 1. The van der Waals surface area contributed by atoms with Crippen molar-refractivity contribution in [2.24, 2.45) is 0 Å². The predicted molar refractivity (Wildman–Crippen MR) is 64.8 cm³/mol. The van der Waals surface area contributed by atoms with E-state index in [0.717, 1.165) is 6.07 Å². The van der Waals surface area contributed by atoms with Crippen LogP contribution in [-0.2, 0) is 11.0 Å². The first-order valence-corrected chi connectivity index (χ1v) is 6.01. The van der Waals surface area contributed by atoms with Crippen LogP contribution < -0.4 is 4.74 Å². The molecular formula is C12H8BrF3O3. The fourth-order valence-electron chi connectivity index (χ4n) is 1.82. The first-order chi connectivity index (χ1) is 8.70. The zero-order chi connectivity index (χ0) is 14.4. The summed E-state index contributed by atoms with van der Waals surface area (Å²) in [5.41, 5.74) is -0.916. The van der Waals surface area contributed by atoms with E-state index < -0.39 is 23.8 Å². The van der Waals surface area contributed by atoms with Crippen LogP contribution in [0.5, 0.6) is 5.75 Å². The highest BCUT2D eigenvalue weighted by molar-refractivity contribution is 9.10. The molecule has 2 rings (SSSR count). The molecule has 0 saturated carbocycles. The average Bonchev–Trinajstić information content (AvgIpc) is 2.26. The Balaban J connectivity index is 2.66. The van der Waals surface area contributed by atoms with Crippen LogP contribution in [0.15, 0.2) is 22.2 Å². The van der Waals surface area contributed by atoms with Gasteiger partial charge in [0.25, 0.3) is 0 Å². The van der Waals surface area contributed by atoms with Crippen LogP contribution in [0.25, 0.3) is 6.08 Å². The van der Waals surface area contributed by atoms with Gasteiger partial charge >= 0.3 is 12.1 Å². The first-order valence-electron chi connectivity index (χ1n) is 5.22. The van der Waals surface area contributed by atoms with Gasteiger partial charge in [0.15, 0.2) is 0 Å². The highest BCUT2D eigenvalue weighted by Gasteiger charge is 2.38. The van der Waals surface area contributed by atoms with Crippen molar-refractivity contribution in [1.82, 2.24) is 0 Å². The molecule has 0 unspecified atom stereocenters. The fraction of sp³-hybridized carbons (Fsp3) is 0.250. The predicted octanol–water partition coefficient (Wildman–Crippen LogP) is 3.72. The lowest BCUT2D eigenvalue weighted by atomic mass is 10.00. The lowest BCUT2D eigenvalue weighted by Crippen LogP contribution is -2.25. The minimum atomic E-state index is -4.57. The Morgan fingerprint density at radius 2 is 2.05 bits per heavy atom. The number of halogens is 4. The van der Waals surface area contributed by atoms with Crippen LogP contribution in [0, 0.1) is 0 Å². The summed E-state index contributed by atoms with van der Waals surface area (Å²) >= 11 is 2.97. The number of hydrogen-bond acceptors (Lipinski definition) is 2. The van der Waals surface area contributed by atoms with Gasteiger partial charge < -0.3 is 9.84 Å². The summed E-state index contributed by atoms with van der Waals surface area (Å²) in [6.45, 7) is 1.39. The topological polar surface area (TPSA) is 46.5 Å². The number of aliphatic carboxylic acids is 1. The molecule has 0 saturated heterocycles. The van der Waals surface area contributed by atoms with E-state index in [-0.39, 0.29) is 21.4 Å². The van der Waals surface area contributed by atoms with Crippen LogP contribution in [0.1, 0.15) is 18.1 Å². The van der Waals surface area contributed by atoms with E-state index >= 15 is 0 Å². The third kappa shape index (κ3) is 2.60. The van der Waals surface area contributed by atoms with Crippen LogP contribution in [0.4, 0.5) is 13.2 Å². The van der Waals surface area contributed by atoms with Crippen molar-refractivity contribution < 1.29 is 27.8 Å². The standard InChI is InChI=1S/C12H8BrF3O3/c1-5-8(11(17)18)3-6-2-7(13)4-9(10(6)19-5)12(14,15)16/h2-5H,1H3,(H,17,18)/t5-/m0/s1. The SMILES string of the molecule is C[C@@H]1Oc2c(cc(Br)cc2C(F)(F)F)C=C1C(=O)O. The lowest BCUT2D eigenvalue weighted by molar-refractivity contribution is -0.139. The number of benzene rings is 1. The molecule has 1 aliphatic heterocycles. The van der Waals surface area contributed by atoms with Crippen molar-refractivity contribution in [3.05, 3.63) is 33.3 Å². The molecule has 0 fully saturated rings. The van der Waals surface area contributed by atoms with E-state index in [1.165, 1.54) is 19.1 Å². The van der Waals surface area contributed by atoms with Gasteiger partial charge in [-0.3, -0.25) is 0 Å². The molecular weight excluding hydrogens is 329 g/mol. The molecule has 0 aromatic heterocycles. The normalized spacial score (nSPS) is 18.4. The van der Waals surface area contributed by atoms with Gasteiger partial charge in [0.1, 0.15) is 11.9 Å². The number of ether oxygens (including phenoxy) is 1. The number of fused-ring (bicyclic) bond motifs is 1. The molecule has 0 amide bonds. The minimum Gasteiger partial charge on any atom is -0.484 e. The van der Waals surface area contributed by atoms with Gasteiger partial charge in [-0.1, -0.05) is 15.9 Å². The number of alkyl halides is 3. The summed E-state index contributed by atoms with van der Waals surface area (Å²) in [5.74, 6) is -1.56. The summed E-state index contributed by atoms with van der Waals surface area (Å²) in [6, 6.07) is 2.30. The zero-order valence-electron chi connectivity index (χ0n) is 9.58. The maximum atomic E-state index is 12.9. The monoisotopic (exact) mass is 336 g/mol. The molecule has 1 heterocycles. The minimum absolute atomic E-state index is 0.0845. The summed E-state index contributed by atoms with van der Waals surface area (Å²) < 4.78 is 44.0. The maximum absolute atomic E-state index is 12.9. The smallest absolute Gasteiger partial charge is 0.420 e. The Labute approximate surface area is 114 Å². The van der Waals surface area contributed by atoms with Gasteiger partial charge in [-0.2, -0.15) is 13.2 Å². The van der Waals surface area contributed by atoms with E-state index in [0.29, 0.717) is 0 Å². The summed E-state index contributed by atoms with van der Waals surface area (Å²) in [5, 5.41) is 8.95. The third-order valence-electron chi connectivity index (χ3n) is 2.68. The Morgan fingerprint density at radius 1 is 1.42 bits per heavy atom. The largest absolute Gasteiger partial charge is 0.484 e. The van der Waals surface area contributed by atoms with Gasteiger partial charge in [-0.25, -0.2) is 4.79 Å². The molecule has 7 heteroatoms. The Bertz CT molecular complexity index is 578. The molecule has 102 valence electrons. The molecule has 1 aliphatic rings. The molecule has 0 radical (unpaired) electrons. The Kier molecular flexibility index (Phi) is 3.34. The number of hydrogen-bond donors (Lipinski definition) is 1. The van der Waals surface area contributed by atoms with Crippen molar-refractivity contribution in [3.63, 3.8) is 0 Å². The van der Waals surface area contributed by atoms with Crippen molar-refractivity contribution in [2.75, 3.05) is 0 Å². The molecule has 3 nitrogen and oxygen atoms in total. The highest BCUT2D eigenvalue weighted by Crippen LogP contribution is 2.43. The summed E-state index contributed by atoms with van der Waals surface area (Å²) in [6.07, 6.45) is -4.30. The second-order valence-corrected chi connectivity index (χ2v) is 4.95. The quantitative estimate of drug-likeness (QED) is 0.850. The molecule has 1 aromatic carbocycles. The Morgan fingerprint density at radius 3 is 2.58 bits per heavy atom. The van der Waals surface area contributed by atoms with Gasteiger partial charge in [0, 0.05) is 10.0 Å². The third-order valence-corrected chi connectivity index (χ3v) is 3.14. The fourth-order valence-corrected chi connectivity index (χ4v) is 2.30. The van der Waals surface area contributed by atoms with Gasteiger partial charge in [0.2, 0.25) is 0 Å².